The molecule has 3 rings (SSSR count). The van der Waals surface area contributed by atoms with E-state index in [1.54, 1.807) is 43.1 Å². The van der Waals surface area contributed by atoms with Gasteiger partial charge in [0.05, 0.1) is 11.4 Å². The maximum Gasteiger partial charge on any atom is 0.490 e. The zero-order valence-corrected chi connectivity index (χ0v) is 22.1. The van der Waals surface area contributed by atoms with Gasteiger partial charge in [-0.15, -0.1) is 0 Å². The lowest BCUT2D eigenvalue weighted by Gasteiger charge is -2.21. The van der Waals surface area contributed by atoms with Crippen molar-refractivity contribution in [2.45, 2.75) is 30.8 Å². The Morgan fingerprint density at radius 2 is 1.66 bits per heavy atom. The van der Waals surface area contributed by atoms with E-state index in [0.717, 1.165) is 36.5 Å². The van der Waals surface area contributed by atoms with Crippen LogP contribution in [0, 0.1) is 6.92 Å². The molecule has 0 aliphatic carbocycles. The molecule has 208 valence electrons. The summed E-state index contributed by atoms with van der Waals surface area (Å²) < 4.78 is 58.5. The Labute approximate surface area is 220 Å². The van der Waals surface area contributed by atoms with Crippen LogP contribution in [0.4, 0.5) is 13.2 Å². The molecule has 0 spiro atoms. The third-order valence-electron chi connectivity index (χ3n) is 5.73. The number of likely N-dealkylation sites (N-methyl/N-ethyl adjacent to an activating group) is 1. The molecule has 1 aliphatic heterocycles. The number of nitrogens with one attached hydrogen (secondary N) is 1. The summed E-state index contributed by atoms with van der Waals surface area (Å²) >= 11 is 0. The number of halogens is 3. The second kappa shape index (κ2) is 13.4. The summed E-state index contributed by atoms with van der Waals surface area (Å²) in [6.45, 7) is 4.18. The number of rotatable bonds is 9. The van der Waals surface area contributed by atoms with Crippen molar-refractivity contribution in [3.05, 3.63) is 65.2 Å². The summed E-state index contributed by atoms with van der Waals surface area (Å²) in [5.41, 5.74) is 2.91. The molecule has 0 radical (unpaired) electrons. The number of carbonyl (C=O) groups is 2. The van der Waals surface area contributed by atoms with Crippen LogP contribution in [-0.2, 0) is 26.0 Å². The Balaban J connectivity index is 0.000000638. The molecule has 9 nitrogen and oxygen atoms in total. The van der Waals surface area contributed by atoms with Gasteiger partial charge in [-0.2, -0.15) is 13.2 Å². The smallest absolute Gasteiger partial charge is 0.475 e. The summed E-state index contributed by atoms with van der Waals surface area (Å²) in [6.07, 6.45) is -4.21. The van der Waals surface area contributed by atoms with Crippen LogP contribution in [0.5, 0.6) is 0 Å². The number of carboxylic acids is 1. The highest BCUT2D eigenvalue weighted by molar-refractivity contribution is 7.89. The number of nitrogens with zero attached hydrogens (tertiary/aromatic N) is 3. The van der Waals surface area contributed by atoms with Gasteiger partial charge in [-0.3, -0.25) is 9.79 Å². The number of amides is 1. The van der Waals surface area contributed by atoms with E-state index in [2.05, 4.69) is 22.4 Å². The van der Waals surface area contributed by atoms with Gasteiger partial charge in [-0.05, 0) is 30.5 Å². The second-order valence-corrected chi connectivity index (χ2v) is 10.6. The minimum atomic E-state index is -5.08. The number of sulfonamides is 1. The van der Waals surface area contributed by atoms with Crippen LogP contribution in [0.15, 0.2) is 58.4 Å². The summed E-state index contributed by atoms with van der Waals surface area (Å²) in [5, 5.41) is 10.4. The molecule has 13 heteroatoms. The Hall–Kier alpha value is -3.45. The minimum Gasteiger partial charge on any atom is -0.475 e. The molecule has 0 aromatic heterocycles. The molecule has 2 aromatic rings. The van der Waals surface area contributed by atoms with Gasteiger partial charge >= 0.3 is 12.1 Å². The van der Waals surface area contributed by atoms with Crippen molar-refractivity contribution in [3.63, 3.8) is 0 Å². The normalized spacial score (nSPS) is 13.3. The minimum absolute atomic E-state index is 0.0760. The number of amidine groups is 1. The Bertz CT molecular complexity index is 1250. The van der Waals surface area contributed by atoms with Crippen LogP contribution in [0.1, 0.15) is 23.1 Å². The lowest BCUT2D eigenvalue weighted by Crippen LogP contribution is -2.34. The van der Waals surface area contributed by atoms with Crippen molar-refractivity contribution in [3.8, 4) is 0 Å². The van der Waals surface area contributed by atoms with Gasteiger partial charge in [0.2, 0.25) is 15.9 Å². The third-order valence-corrected chi connectivity index (χ3v) is 7.75. The average molecular weight is 557 g/mol. The predicted molar refractivity (Wildman–Crippen MR) is 136 cm³/mol. The lowest BCUT2D eigenvalue weighted by atomic mass is 10.1. The van der Waals surface area contributed by atoms with Gasteiger partial charge in [0, 0.05) is 45.7 Å². The van der Waals surface area contributed by atoms with Crippen LogP contribution in [0.3, 0.4) is 0 Å². The number of aryl methyl sites for hydroxylation is 1. The summed E-state index contributed by atoms with van der Waals surface area (Å²) in [6, 6.07) is 15.1. The molecule has 2 aromatic carbocycles. The quantitative estimate of drug-likeness (QED) is 0.490. The third kappa shape index (κ3) is 8.84. The highest BCUT2D eigenvalue weighted by Crippen LogP contribution is 2.18. The van der Waals surface area contributed by atoms with Crippen LogP contribution < -0.4 is 5.32 Å². The molecular weight excluding hydrogens is 525 g/mol. The van der Waals surface area contributed by atoms with Crippen LogP contribution in [0.2, 0.25) is 0 Å². The molecular formula is C25H31F3N4O5S. The van der Waals surface area contributed by atoms with E-state index in [0.29, 0.717) is 12.1 Å². The topological polar surface area (TPSA) is 119 Å². The van der Waals surface area contributed by atoms with E-state index in [9.17, 15) is 26.4 Å². The van der Waals surface area contributed by atoms with Crippen molar-refractivity contribution < 1.29 is 36.3 Å². The fraction of sp³-hybridized carbons (Fsp3) is 0.400. The molecule has 2 N–H and O–H groups in total. The van der Waals surface area contributed by atoms with E-state index < -0.39 is 22.2 Å². The number of aliphatic carboxylic acids is 1. The molecule has 0 bridgehead atoms. The molecule has 0 saturated heterocycles. The van der Waals surface area contributed by atoms with Crippen LogP contribution >= 0.6 is 0 Å². The summed E-state index contributed by atoms with van der Waals surface area (Å²) in [7, 11) is -0.342. The number of hydrogen-bond acceptors (Lipinski definition) is 6. The Morgan fingerprint density at radius 1 is 1.05 bits per heavy atom. The predicted octanol–water partition coefficient (Wildman–Crippen LogP) is 2.69. The SMILES string of the molecule is Cc1ccccc1S(=O)(=O)N(C)CCC(=O)N(C)CCc1ccc(C2=NCCN2)cc1.O=C(O)C(F)(F)F. The number of benzene rings is 2. The summed E-state index contributed by atoms with van der Waals surface area (Å²) in [4.78, 5) is 27.8. The van der Waals surface area contributed by atoms with Crippen molar-refractivity contribution >= 4 is 27.7 Å². The number of hydrogen-bond donors (Lipinski definition) is 2. The standard InChI is InChI=1S/C23H30N4O3S.C2HF3O2/c1-18-6-4-5-7-21(18)31(29,30)27(3)17-13-22(28)26(2)16-12-19-8-10-20(11-9-19)23-24-14-15-25-23;3-2(4,5)1(6)7/h4-11H,12-17H2,1-3H3,(H,24,25);(H,6,7). The number of carbonyl (C=O) groups excluding carboxylic acids is 1. The molecule has 0 fully saturated rings. The maximum absolute atomic E-state index is 12.8. The molecule has 0 saturated carbocycles. The van der Waals surface area contributed by atoms with E-state index in [-0.39, 0.29) is 23.8 Å². The average Bonchev–Trinajstić information content (AvgIpc) is 3.41. The molecule has 1 aliphatic rings. The van der Waals surface area contributed by atoms with E-state index in [4.69, 9.17) is 9.90 Å². The first-order valence-corrected chi connectivity index (χ1v) is 13.1. The fourth-order valence-corrected chi connectivity index (χ4v) is 4.81. The monoisotopic (exact) mass is 556 g/mol. The second-order valence-electron chi connectivity index (χ2n) is 8.56. The zero-order chi connectivity index (χ0) is 28.5. The molecule has 1 amide bonds. The van der Waals surface area contributed by atoms with E-state index in [1.807, 2.05) is 12.1 Å². The van der Waals surface area contributed by atoms with Crippen molar-refractivity contribution in [1.82, 2.24) is 14.5 Å². The highest BCUT2D eigenvalue weighted by atomic mass is 32.2. The highest BCUT2D eigenvalue weighted by Gasteiger charge is 2.38. The first-order valence-electron chi connectivity index (χ1n) is 11.7. The molecule has 0 unspecified atom stereocenters. The van der Waals surface area contributed by atoms with Gasteiger partial charge in [0.15, 0.2) is 0 Å². The first kappa shape index (κ1) is 30.8. The molecule has 1 heterocycles. The zero-order valence-electron chi connectivity index (χ0n) is 21.3. The van der Waals surface area contributed by atoms with Crippen molar-refractivity contribution in [2.75, 3.05) is 40.3 Å². The van der Waals surface area contributed by atoms with E-state index in [1.165, 1.54) is 11.4 Å². The van der Waals surface area contributed by atoms with Gasteiger partial charge in [0.25, 0.3) is 0 Å². The Kier molecular flexibility index (Phi) is 10.8. The number of alkyl halides is 3. The van der Waals surface area contributed by atoms with Crippen molar-refractivity contribution in [2.24, 2.45) is 4.99 Å². The fourth-order valence-electron chi connectivity index (χ4n) is 3.42. The first-order chi connectivity index (χ1) is 17.7. The van der Waals surface area contributed by atoms with E-state index >= 15 is 0 Å². The lowest BCUT2D eigenvalue weighted by molar-refractivity contribution is -0.192. The van der Waals surface area contributed by atoms with Gasteiger partial charge in [0.1, 0.15) is 5.84 Å². The van der Waals surface area contributed by atoms with Gasteiger partial charge < -0.3 is 15.3 Å². The Morgan fingerprint density at radius 3 is 2.18 bits per heavy atom. The van der Waals surface area contributed by atoms with Crippen LogP contribution in [-0.4, -0.2) is 86.9 Å². The van der Waals surface area contributed by atoms with Crippen LogP contribution in [0.25, 0.3) is 0 Å². The van der Waals surface area contributed by atoms with Crippen molar-refractivity contribution in [1.29, 1.82) is 0 Å². The molecule has 0 atom stereocenters. The largest absolute Gasteiger partial charge is 0.490 e. The molecule has 38 heavy (non-hydrogen) atoms. The number of aliphatic imine (C=N–C) groups is 1. The van der Waals surface area contributed by atoms with Gasteiger partial charge in [-0.1, -0.05) is 42.5 Å². The summed E-state index contributed by atoms with van der Waals surface area (Å²) in [5.74, 6) is -1.90. The maximum atomic E-state index is 12.8. The van der Waals surface area contributed by atoms with Gasteiger partial charge in [-0.25, -0.2) is 17.5 Å². The number of carboxylic acid groups (broad SMARTS) is 1.